The van der Waals surface area contributed by atoms with Gasteiger partial charge in [0.1, 0.15) is 6.09 Å². The lowest BCUT2D eigenvalue weighted by atomic mass is 9.96. The second-order valence-electron chi connectivity index (χ2n) is 6.82. The number of nitro benzene ring substituents is 1. The SMILES string of the molecule is O=C([O-])N(c1ccc([N+](=O)[O-])cc1)c1ccc(S(=O)(=O)NC2CCCCC2)cc1. The summed E-state index contributed by atoms with van der Waals surface area (Å²) in [5.41, 5.74) is 0.129. The second kappa shape index (κ2) is 8.58. The number of carboxylic acid groups (broad SMARTS) is 1. The van der Waals surface area contributed by atoms with E-state index >= 15 is 0 Å². The van der Waals surface area contributed by atoms with Gasteiger partial charge in [0.15, 0.2) is 0 Å². The summed E-state index contributed by atoms with van der Waals surface area (Å²) in [7, 11) is -3.71. The van der Waals surface area contributed by atoms with Gasteiger partial charge in [0, 0.05) is 29.5 Å². The van der Waals surface area contributed by atoms with E-state index in [1.54, 1.807) is 0 Å². The number of rotatable bonds is 6. The summed E-state index contributed by atoms with van der Waals surface area (Å²) < 4.78 is 27.8. The van der Waals surface area contributed by atoms with Crippen molar-refractivity contribution in [3.05, 3.63) is 58.6 Å². The molecule has 1 N–H and O–H groups in total. The zero-order chi connectivity index (χ0) is 21.0. The normalized spacial score (nSPS) is 15.0. The number of non-ortho nitro benzene ring substituents is 1. The Morgan fingerprint density at radius 3 is 1.97 bits per heavy atom. The van der Waals surface area contributed by atoms with Crippen molar-refractivity contribution in [1.29, 1.82) is 0 Å². The molecule has 1 aliphatic carbocycles. The fourth-order valence-corrected chi connectivity index (χ4v) is 4.67. The molecule has 0 bridgehead atoms. The van der Waals surface area contributed by atoms with Crippen LogP contribution in [0.1, 0.15) is 32.1 Å². The molecule has 3 rings (SSSR count). The number of sulfonamides is 1. The summed E-state index contributed by atoms with van der Waals surface area (Å²) in [6, 6.07) is 10.2. The first-order valence-corrected chi connectivity index (χ1v) is 10.6. The molecular weight excluding hydrogens is 398 g/mol. The number of carbonyl (C=O) groups is 1. The third-order valence-electron chi connectivity index (χ3n) is 4.83. The maximum Gasteiger partial charge on any atom is 0.269 e. The molecule has 9 nitrogen and oxygen atoms in total. The van der Waals surface area contributed by atoms with Crippen LogP contribution in [0.3, 0.4) is 0 Å². The molecule has 1 aliphatic rings. The Morgan fingerprint density at radius 2 is 1.48 bits per heavy atom. The van der Waals surface area contributed by atoms with Gasteiger partial charge in [-0.2, -0.15) is 0 Å². The van der Waals surface area contributed by atoms with Crippen molar-refractivity contribution in [3.8, 4) is 0 Å². The molecule has 0 unspecified atom stereocenters. The minimum Gasteiger partial charge on any atom is -0.529 e. The van der Waals surface area contributed by atoms with Crippen LogP contribution in [-0.2, 0) is 10.0 Å². The quantitative estimate of drug-likeness (QED) is 0.566. The van der Waals surface area contributed by atoms with Crippen LogP contribution < -0.4 is 14.7 Å². The standard InChI is InChI=1S/C19H21N3O6S/c23-19(24)21(15-6-8-17(9-7-15)22(25)26)16-10-12-18(13-11-16)29(27,28)20-14-4-2-1-3-5-14/h6-14,20H,1-5H2,(H,23,24)/p-1. The second-order valence-corrected chi connectivity index (χ2v) is 8.54. The highest BCUT2D eigenvalue weighted by molar-refractivity contribution is 7.89. The molecule has 0 spiro atoms. The van der Waals surface area contributed by atoms with Crippen molar-refractivity contribution in [2.45, 2.75) is 43.0 Å². The Bertz CT molecular complexity index is 984. The lowest BCUT2D eigenvalue weighted by Gasteiger charge is -2.26. The van der Waals surface area contributed by atoms with Gasteiger partial charge in [0.05, 0.1) is 9.82 Å². The maximum absolute atomic E-state index is 12.6. The molecule has 0 saturated heterocycles. The van der Waals surface area contributed by atoms with Gasteiger partial charge in [-0.1, -0.05) is 19.3 Å². The number of hydrogen-bond acceptors (Lipinski definition) is 6. The van der Waals surface area contributed by atoms with E-state index in [0.29, 0.717) is 0 Å². The Morgan fingerprint density at radius 1 is 0.966 bits per heavy atom. The first-order valence-electron chi connectivity index (χ1n) is 9.16. The molecule has 1 fully saturated rings. The minimum atomic E-state index is -3.71. The molecule has 154 valence electrons. The summed E-state index contributed by atoms with van der Waals surface area (Å²) in [6.07, 6.45) is 3.14. The first-order chi connectivity index (χ1) is 13.8. The van der Waals surface area contributed by atoms with Crippen molar-refractivity contribution in [2.75, 3.05) is 4.90 Å². The van der Waals surface area contributed by atoms with Gasteiger partial charge in [-0.25, -0.2) is 13.1 Å². The number of hydrogen-bond donors (Lipinski definition) is 1. The Hall–Kier alpha value is -2.98. The third-order valence-corrected chi connectivity index (χ3v) is 6.37. The van der Waals surface area contributed by atoms with Crippen LogP contribution in [0.5, 0.6) is 0 Å². The van der Waals surface area contributed by atoms with Crippen molar-refractivity contribution in [3.63, 3.8) is 0 Å². The molecule has 10 heteroatoms. The Labute approximate surface area is 168 Å². The van der Waals surface area contributed by atoms with E-state index in [1.807, 2.05) is 0 Å². The zero-order valence-corrected chi connectivity index (χ0v) is 16.3. The highest BCUT2D eigenvalue weighted by atomic mass is 32.2. The van der Waals surface area contributed by atoms with Crippen molar-refractivity contribution in [1.82, 2.24) is 4.72 Å². The predicted octanol–water partition coefficient (Wildman–Crippen LogP) is 2.69. The van der Waals surface area contributed by atoms with E-state index in [0.717, 1.165) is 37.0 Å². The molecule has 0 aliphatic heterocycles. The third kappa shape index (κ3) is 4.90. The van der Waals surface area contributed by atoms with Gasteiger partial charge in [0.2, 0.25) is 10.0 Å². The largest absolute Gasteiger partial charge is 0.529 e. The molecule has 2 aromatic carbocycles. The lowest BCUT2D eigenvalue weighted by Crippen LogP contribution is -2.38. The van der Waals surface area contributed by atoms with Crippen LogP contribution in [0.2, 0.25) is 0 Å². The summed E-state index contributed by atoms with van der Waals surface area (Å²) in [4.78, 5) is 22.6. The first kappa shape index (κ1) is 20.7. The van der Waals surface area contributed by atoms with Crippen LogP contribution in [0.25, 0.3) is 0 Å². The molecule has 1 saturated carbocycles. The number of amides is 1. The summed E-state index contributed by atoms with van der Waals surface area (Å²) in [6.45, 7) is 0. The molecule has 1 amide bonds. The number of anilines is 2. The van der Waals surface area contributed by atoms with Gasteiger partial charge in [-0.05, 0) is 49.2 Å². The topological polar surface area (TPSA) is 133 Å². The summed E-state index contributed by atoms with van der Waals surface area (Å²) in [5.74, 6) is 0. The van der Waals surface area contributed by atoms with E-state index in [-0.39, 0.29) is 28.0 Å². The highest BCUT2D eigenvalue weighted by Crippen LogP contribution is 2.28. The predicted molar refractivity (Wildman–Crippen MR) is 104 cm³/mol. The van der Waals surface area contributed by atoms with E-state index in [1.165, 1.54) is 48.5 Å². The lowest BCUT2D eigenvalue weighted by molar-refractivity contribution is -0.384. The van der Waals surface area contributed by atoms with Crippen LogP contribution in [0.4, 0.5) is 21.9 Å². The average Bonchev–Trinajstić information content (AvgIpc) is 2.69. The fourth-order valence-electron chi connectivity index (χ4n) is 3.37. The average molecular weight is 418 g/mol. The molecular formula is C19H20N3O6S-. The molecule has 0 aromatic heterocycles. The number of nitrogens with zero attached hydrogens (tertiary/aromatic N) is 2. The van der Waals surface area contributed by atoms with Gasteiger partial charge < -0.3 is 9.90 Å². The van der Waals surface area contributed by atoms with Gasteiger partial charge >= 0.3 is 0 Å². The van der Waals surface area contributed by atoms with Crippen molar-refractivity contribution in [2.24, 2.45) is 0 Å². The van der Waals surface area contributed by atoms with E-state index < -0.39 is 21.0 Å². The van der Waals surface area contributed by atoms with Crippen LogP contribution in [-0.4, -0.2) is 25.5 Å². The van der Waals surface area contributed by atoms with Crippen LogP contribution in [0, 0.1) is 10.1 Å². The molecule has 0 heterocycles. The van der Waals surface area contributed by atoms with Gasteiger partial charge in [-0.3, -0.25) is 15.0 Å². The zero-order valence-electron chi connectivity index (χ0n) is 15.5. The maximum atomic E-state index is 12.6. The highest BCUT2D eigenvalue weighted by Gasteiger charge is 2.22. The van der Waals surface area contributed by atoms with Crippen LogP contribution >= 0.6 is 0 Å². The smallest absolute Gasteiger partial charge is 0.269 e. The van der Waals surface area contributed by atoms with Gasteiger partial charge in [-0.15, -0.1) is 0 Å². The van der Waals surface area contributed by atoms with E-state index in [4.69, 9.17) is 0 Å². The van der Waals surface area contributed by atoms with Crippen molar-refractivity contribution < 1.29 is 23.2 Å². The Kier molecular flexibility index (Phi) is 6.14. The molecule has 0 radical (unpaired) electrons. The molecule has 29 heavy (non-hydrogen) atoms. The van der Waals surface area contributed by atoms with E-state index in [2.05, 4.69) is 4.72 Å². The van der Waals surface area contributed by atoms with Crippen LogP contribution in [0.15, 0.2) is 53.4 Å². The number of benzene rings is 2. The number of nitrogens with one attached hydrogen (secondary N) is 1. The minimum absolute atomic E-state index is 0.0359. The number of carbonyl (C=O) groups excluding carboxylic acids is 1. The van der Waals surface area contributed by atoms with E-state index in [9.17, 15) is 28.4 Å². The molecule has 0 atom stereocenters. The monoisotopic (exact) mass is 418 g/mol. The summed E-state index contributed by atoms with van der Waals surface area (Å²) >= 11 is 0. The fraction of sp³-hybridized carbons (Fsp3) is 0.316. The van der Waals surface area contributed by atoms with Crippen molar-refractivity contribution >= 4 is 33.2 Å². The summed E-state index contributed by atoms with van der Waals surface area (Å²) in [5, 5.41) is 22.4. The van der Waals surface area contributed by atoms with Gasteiger partial charge in [0.25, 0.3) is 5.69 Å². The number of nitro groups is 1. The molecule has 2 aromatic rings. The Balaban J connectivity index is 1.82.